The van der Waals surface area contributed by atoms with Crippen LogP contribution in [0.5, 0.6) is 5.75 Å². The Morgan fingerprint density at radius 3 is 2.62 bits per heavy atom. The minimum atomic E-state index is 0.667. The molecular formula is C17H21ClN2O. The lowest BCUT2D eigenvalue weighted by Gasteiger charge is -2.23. The van der Waals surface area contributed by atoms with Crippen LogP contribution >= 0.6 is 11.6 Å². The fourth-order valence-corrected chi connectivity index (χ4v) is 2.37. The van der Waals surface area contributed by atoms with Crippen molar-refractivity contribution in [2.75, 3.05) is 24.3 Å². The average Bonchev–Trinajstić information content (AvgIpc) is 2.48. The van der Waals surface area contributed by atoms with Gasteiger partial charge in [0.15, 0.2) is 0 Å². The van der Waals surface area contributed by atoms with E-state index in [2.05, 4.69) is 11.8 Å². The molecule has 0 fully saturated rings. The summed E-state index contributed by atoms with van der Waals surface area (Å²) in [5.41, 5.74) is 8.90. The standard InChI is InChI=1S/C17H21ClN2O/c1-3-11-21-16-10-6-9-15(17(16)19)20(2)12-13-7-4-5-8-14(13)18/h4-10H,3,11-12,19H2,1-2H3. The number of anilines is 2. The Bertz CT molecular complexity index is 601. The van der Waals surface area contributed by atoms with Crippen molar-refractivity contribution in [1.29, 1.82) is 0 Å². The van der Waals surface area contributed by atoms with Crippen molar-refractivity contribution in [3.63, 3.8) is 0 Å². The highest BCUT2D eigenvalue weighted by Gasteiger charge is 2.11. The monoisotopic (exact) mass is 304 g/mol. The fraction of sp³-hybridized carbons (Fsp3) is 0.294. The lowest BCUT2D eigenvalue weighted by molar-refractivity contribution is 0.319. The first-order chi connectivity index (χ1) is 10.1. The number of nitrogen functional groups attached to an aromatic ring is 1. The molecule has 2 aromatic rings. The number of nitrogens with zero attached hydrogens (tertiary/aromatic N) is 1. The van der Waals surface area contributed by atoms with Crippen LogP contribution in [-0.2, 0) is 6.54 Å². The van der Waals surface area contributed by atoms with Gasteiger partial charge in [-0.15, -0.1) is 0 Å². The summed E-state index contributed by atoms with van der Waals surface area (Å²) in [6, 6.07) is 13.7. The molecule has 2 rings (SSSR count). The van der Waals surface area contributed by atoms with E-state index in [0.717, 1.165) is 28.4 Å². The Balaban J connectivity index is 2.19. The molecule has 2 N–H and O–H groups in total. The number of hydrogen-bond acceptors (Lipinski definition) is 3. The third-order valence-electron chi connectivity index (χ3n) is 3.28. The van der Waals surface area contributed by atoms with E-state index in [1.165, 1.54) is 0 Å². The molecule has 0 atom stereocenters. The quantitative estimate of drug-likeness (QED) is 0.806. The Hall–Kier alpha value is -1.87. The molecule has 112 valence electrons. The van der Waals surface area contributed by atoms with Gasteiger partial charge in [-0.05, 0) is 30.2 Å². The summed E-state index contributed by atoms with van der Waals surface area (Å²) in [6.07, 6.45) is 0.957. The summed E-state index contributed by atoms with van der Waals surface area (Å²) in [5.74, 6) is 0.736. The average molecular weight is 305 g/mol. The molecule has 2 aromatic carbocycles. The van der Waals surface area contributed by atoms with Crippen LogP contribution < -0.4 is 15.4 Å². The van der Waals surface area contributed by atoms with Crippen LogP contribution in [0, 0.1) is 0 Å². The van der Waals surface area contributed by atoms with Gasteiger partial charge in [-0.3, -0.25) is 0 Å². The van der Waals surface area contributed by atoms with Gasteiger partial charge in [0.25, 0.3) is 0 Å². The highest BCUT2D eigenvalue weighted by atomic mass is 35.5. The molecule has 0 unspecified atom stereocenters. The van der Waals surface area contributed by atoms with E-state index in [0.29, 0.717) is 18.8 Å². The van der Waals surface area contributed by atoms with Crippen LogP contribution in [0.3, 0.4) is 0 Å². The number of nitrogens with two attached hydrogens (primary N) is 1. The van der Waals surface area contributed by atoms with Gasteiger partial charge in [-0.2, -0.15) is 0 Å². The van der Waals surface area contributed by atoms with Crippen LogP contribution in [0.1, 0.15) is 18.9 Å². The van der Waals surface area contributed by atoms with Crippen LogP contribution in [0.2, 0.25) is 5.02 Å². The summed E-state index contributed by atoms with van der Waals surface area (Å²) >= 11 is 6.21. The molecule has 0 aromatic heterocycles. The van der Waals surface area contributed by atoms with Gasteiger partial charge < -0.3 is 15.4 Å². The maximum atomic E-state index is 6.22. The summed E-state index contributed by atoms with van der Waals surface area (Å²) in [7, 11) is 2.00. The molecule has 0 spiro atoms. The van der Waals surface area contributed by atoms with Gasteiger partial charge in [0.2, 0.25) is 0 Å². The number of hydrogen-bond donors (Lipinski definition) is 1. The molecule has 0 aliphatic heterocycles. The molecule has 0 heterocycles. The molecule has 0 aliphatic carbocycles. The second-order valence-corrected chi connectivity index (χ2v) is 5.39. The molecular weight excluding hydrogens is 284 g/mol. The van der Waals surface area contributed by atoms with Crippen LogP contribution in [0.15, 0.2) is 42.5 Å². The first-order valence-electron chi connectivity index (χ1n) is 7.09. The molecule has 4 heteroatoms. The number of halogens is 1. The lowest BCUT2D eigenvalue weighted by atomic mass is 10.2. The van der Waals surface area contributed by atoms with Gasteiger partial charge in [0.05, 0.1) is 18.0 Å². The molecule has 0 aliphatic rings. The highest BCUT2D eigenvalue weighted by molar-refractivity contribution is 6.31. The van der Waals surface area contributed by atoms with Crippen LogP contribution in [0.25, 0.3) is 0 Å². The number of ether oxygens (including phenoxy) is 1. The predicted molar refractivity (Wildman–Crippen MR) is 90.2 cm³/mol. The topological polar surface area (TPSA) is 38.5 Å². The third kappa shape index (κ3) is 3.82. The Morgan fingerprint density at radius 2 is 1.90 bits per heavy atom. The molecule has 0 amide bonds. The van der Waals surface area contributed by atoms with Gasteiger partial charge in [0, 0.05) is 18.6 Å². The predicted octanol–water partition coefficient (Wildman–Crippen LogP) is 4.35. The molecule has 0 radical (unpaired) electrons. The molecule has 0 bridgehead atoms. The summed E-state index contributed by atoms with van der Waals surface area (Å²) in [5, 5.41) is 0.765. The van der Waals surface area contributed by atoms with Crippen molar-refractivity contribution in [2.45, 2.75) is 19.9 Å². The van der Waals surface area contributed by atoms with Gasteiger partial charge >= 0.3 is 0 Å². The SMILES string of the molecule is CCCOc1cccc(N(C)Cc2ccccc2Cl)c1N. The zero-order valence-corrected chi connectivity index (χ0v) is 13.2. The largest absolute Gasteiger partial charge is 0.491 e. The Morgan fingerprint density at radius 1 is 1.14 bits per heavy atom. The molecule has 21 heavy (non-hydrogen) atoms. The van der Waals surface area contributed by atoms with Gasteiger partial charge in [0.1, 0.15) is 5.75 Å². The maximum absolute atomic E-state index is 6.22. The van der Waals surface area contributed by atoms with Gasteiger partial charge in [-0.1, -0.05) is 42.8 Å². The van der Waals surface area contributed by atoms with Crippen molar-refractivity contribution in [2.24, 2.45) is 0 Å². The fourth-order valence-electron chi connectivity index (χ4n) is 2.17. The summed E-state index contributed by atoms with van der Waals surface area (Å²) < 4.78 is 5.67. The van der Waals surface area contributed by atoms with E-state index >= 15 is 0 Å². The molecule has 0 saturated carbocycles. The third-order valence-corrected chi connectivity index (χ3v) is 3.65. The highest BCUT2D eigenvalue weighted by Crippen LogP contribution is 2.33. The zero-order chi connectivity index (χ0) is 15.2. The first kappa shape index (κ1) is 15.5. The van der Waals surface area contributed by atoms with Crippen molar-refractivity contribution in [3.8, 4) is 5.75 Å². The lowest BCUT2D eigenvalue weighted by Crippen LogP contribution is -2.18. The Kier molecular flexibility index (Phi) is 5.34. The summed E-state index contributed by atoms with van der Waals surface area (Å²) in [4.78, 5) is 2.08. The van der Waals surface area contributed by atoms with Crippen molar-refractivity contribution < 1.29 is 4.74 Å². The minimum Gasteiger partial charge on any atom is -0.491 e. The normalized spacial score (nSPS) is 10.4. The van der Waals surface area contributed by atoms with Crippen molar-refractivity contribution in [1.82, 2.24) is 0 Å². The van der Waals surface area contributed by atoms with Crippen molar-refractivity contribution in [3.05, 3.63) is 53.1 Å². The number of benzene rings is 2. The molecule has 3 nitrogen and oxygen atoms in total. The smallest absolute Gasteiger partial charge is 0.144 e. The van der Waals surface area contributed by atoms with E-state index in [-0.39, 0.29) is 0 Å². The van der Waals surface area contributed by atoms with E-state index in [1.54, 1.807) is 0 Å². The van der Waals surface area contributed by atoms with Crippen LogP contribution in [0.4, 0.5) is 11.4 Å². The molecule has 0 saturated heterocycles. The van der Waals surface area contributed by atoms with E-state index in [9.17, 15) is 0 Å². The first-order valence-corrected chi connectivity index (χ1v) is 7.47. The summed E-state index contributed by atoms with van der Waals surface area (Å²) in [6.45, 7) is 3.44. The van der Waals surface area contributed by atoms with Crippen molar-refractivity contribution >= 4 is 23.0 Å². The Labute approximate surface area is 131 Å². The number of para-hydroxylation sites is 1. The minimum absolute atomic E-state index is 0.667. The number of rotatable bonds is 6. The van der Waals surface area contributed by atoms with Gasteiger partial charge in [-0.25, -0.2) is 0 Å². The second-order valence-electron chi connectivity index (χ2n) is 4.98. The maximum Gasteiger partial charge on any atom is 0.144 e. The van der Waals surface area contributed by atoms with Crippen LogP contribution in [-0.4, -0.2) is 13.7 Å². The van der Waals surface area contributed by atoms with E-state index in [1.807, 2.05) is 49.5 Å². The second kappa shape index (κ2) is 7.23. The van der Waals surface area contributed by atoms with E-state index in [4.69, 9.17) is 22.1 Å². The van der Waals surface area contributed by atoms with E-state index < -0.39 is 0 Å². The zero-order valence-electron chi connectivity index (χ0n) is 12.5.